The second-order valence-electron chi connectivity index (χ2n) is 6.12. The van der Waals surface area contributed by atoms with E-state index in [1.807, 2.05) is 0 Å². The largest absolute Gasteiger partial charge is 0.481 e. The number of ether oxygens (including phenoxy) is 1. The smallest absolute Gasteiger partial charge is 0.310 e. The van der Waals surface area contributed by atoms with Crippen LogP contribution in [-0.4, -0.2) is 54.2 Å². The zero-order chi connectivity index (χ0) is 15.9. The molecule has 1 atom stereocenters. The van der Waals surface area contributed by atoms with E-state index in [4.69, 9.17) is 4.74 Å². The minimum Gasteiger partial charge on any atom is -0.481 e. The molecule has 8 heteroatoms. The van der Waals surface area contributed by atoms with Crippen LogP contribution in [0.4, 0.5) is 0 Å². The van der Waals surface area contributed by atoms with Crippen LogP contribution in [0, 0.1) is 5.41 Å². The van der Waals surface area contributed by atoms with Gasteiger partial charge in [-0.25, -0.2) is 12.7 Å². The molecule has 1 saturated heterocycles. The molecule has 0 amide bonds. The molecule has 1 saturated carbocycles. The molecular weight excluding hydrogens is 298 g/mol. The third-order valence-electron chi connectivity index (χ3n) is 4.42. The van der Waals surface area contributed by atoms with Crippen molar-refractivity contribution in [2.45, 2.75) is 44.3 Å². The van der Waals surface area contributed by atoms with Gasteiger partial charge in [0.2, 0.25) is 10.0 Å². The molecule has 0 aromatic heterocycles. The Bertz CT molecular complexity index is 553. The molecular formula is C13H21NO6S. The van der Waals surface area contributed by atoms with Crippen molar-refractivity contribution in [2.75, 3.05) is 19.7 Å². The number of hydrogen-bond donors (Lipinski definition) is 1. The first kappa shape index (κ1) is 16.2. The van der Waals surface area contributed by atoms with Gasteiger partial charge < -0.3 is 9.84 Å². The van der Waals surface area contributed by atoms with Crippen molar-refractivity contribution in [3.05, 3.63) is 0 Å². The van der Waals surface area contributed by atoms with Gasteiger partial charge in [-0.2, -0.15) is 0 Å². The van der Waals surface area contributed by atoms with Crippen molar-refractivity contribution < 1.29 is 27.9 Å². The van der Waals surface area contributed by atoms with Gasteiger partial charge in [0.05, 0.1) is 23.2 Å². The monoisotopic (exact) mass is 319 g/mol. The number of nitrogens with zero attached hydrogens (tertiary/aromatic N) is 1. The quantitative estimate of drug-likeness (QED) is 0.719. The zero-order valence-corrected chi connectivity index (χ0v) is 13.1. The number of carbonyl (C=O) groups excluding carboxylic acids is 1. The highest BCUT2D eigenvalue weighted by molar-refractivity contribution is 7.90. The maximum absolute atomic E-state index is 12.7. The normalized spacial score (nSPS) is 28.3. The molecule has 21 heavy (non-hydrogen) atoms. The molecule has 1 N–H and O–H groups in total. The Kier molecular flexibility index (Phi) is 4.05. The summed E-state index contributed by atoms with van der Waals surface area (Å²) in [6, 6.07) is 0. The van der Waals surface area contributed by atoms with Crippen molar-refractivity contribution in [1.82, 2.24) is 4.31 Å². The summed E-state index contributed by atoms with van der Waals surface area (Å²) >= 11 is 0. The first-order valence-electron chi connectivity index (χ1n) is 7.06. The number of hydrogen-bond acceptors (Lipinski definition) is 5. The van der Waals surface area contributed by atoms with Crippen LogP contribution >= 0.6 is 0 Å². The van der Waals surface area contributed by atoms with E-state index in [0.29, 0.717) is 12.8 Å². The fraction of sp³-hybridized carbons (Fsp3) is 0.846. The molecule has 0 spiro atoms. The highest BCUT2D eigenvalue weighted by Crippen LogP contribution is 2.50. The number of carboxylic acid groups (broad SMARTS) is 1. The average molecular weight is 319 g/mol. The van der Waals surface area contributed by atoms with Gasteiger partial charge in [0.1, 0.15) is 0 Å². The standard InChI is InChI=1S/C13H21NO6S/c1-3-20-10(15)8-13(4-5-13)21(18,19)14-7-6-12(2,9-14)11(16)17/h3-9H2,1-2H3,(H,16,17). The van der Waals surface area contributed by atoms with Crippen LogP contribution in [0.15, 0.2) is 0 Å². The number of carboxylic acids is 1. The molecule has 120 valence electrons. The average Bonchev–Trinajstić information content (AvgIpc) is 3.04. The highest BCUT2D eigenvalue weighted by Gasteiger charge is 2.60. The van der Waals surface area contributed by atoms with Crippen molar-refractivity contribution in [3.63, 3.8) is 0 Å². The van der Waals surface area contributed by atoms with E-state index < -0.39 is 32.1 Å². The van der Waals surface area contributed by atoms with Gasteiger partial charge in [0.15, 0.2) is 0 Å². The number of carbonyl (C=O) groups is 2. The highest BCUT2D eigenvalue weighted by atomic mass is 32.2. The lowest BCUT2D eigenvalue weighted by atomic mass is 9.90. The Hall–Kier alpha value is -1.15. The fourth-order valence-electron chi connectivity index (χ4n) is 2.71. The molecule has 0 aromatic carbocycles. The molecule has 1 heterocycles. The predicted octanol–water partition coefficient (Wildman–Crippen LogP) is 0.599. The lowest BCUT2D eigenvalue weighted by Gasteiger charge is -2.24. The topological polar surface area (TPSA) is 101 Å². The van der Waals surface area contributed by atoms with Gasteiger partial charge >= 0.3 is 11.9 Å². The van der Waals surface area contributed by atoms with Gasteiger partial charge in [-0.3, -0.25) is 9.59 Å². The summed E-state index contributed by atoms with van der Waals surface area (Å²) in [7, 11) is -3.68. The Labute approximate surface area is 124 Å². The lowest BCUT2D eigenvalue weighted by molar-refractivity contribution is -0.147. The third kappa shape index (κ3) is 2.78. The van der Waals surface area contributed by atoms with Crippen LogP contribution in [0.25, 0.3) is 0 Å². The van der Waals surface area contributed by atoms with Crippen LogP contribution < -0.4 is 0 Å². The molecule has 2 fully saturated rings. The number of sulfonamides is 1. The SMILES string of the molecule is CCOC(=O)CC1(S(=O)(=O)N2CCC(C)(C(=O)O)C2)CC1. The van der Waals surface area contributed by atoms with Crippen molar-refractivity contribution in [3.8, 4) is 0 Å². The molecule has 2 aliphatic rings. The van der Waals surface area contributed by atoms with Gasteiger partial charge in [-0.05, 0) is 33.1 Å². The summed E-state index contributed by atoms with van der Waals surface area (Å²) in [5, 5.41) is 9.19. The van der Waals surface area contributed by atoms with Gasteiger partial charge in [-0.1, -0.05) is 0 Å². The van der Waals surface area contributed by atoms with Gasteiger partial charge in [-0.15, -0.1) is 0 Å². The van der Waals surface area contributed by atoms with Crippen LogP contribution in [0.5, 0.6) is 0 Å². The molecule has 0 radical (unpaired) electrons. The predicted molar refractivity (Wildman–Crippen MR) is 74.1 cm³/mol. The third-order valence-corrected chi connectivity index (χ3v) is 7.06. The lowest BCUT2D eigenvalue weighted by Crippen LogP contribution is -2.42. The second kappa shape index (κ2) is 5.24. The minimum atomic E-state index is -3.68. The summed E-state index contributed by atoms with van der Waals surface area (Å²) in [5.74, 6) is -1.51. The number of rotatable bonds is 6. The summed E-state index contributed by atoms with van der Waals surface area (Å²) < 4.78 is 30.4. The molecule has 0 bridgehead atoms. The van der Waals surface area contributed by atoms with E-state index in [1.54, 1.807) is 13.8 Å². The van der Waals surface area contributed by atoms with E-state index in [9.17, 15) is 23.1 Å². The molecule has 1 aliphatic carbocycles. The number of esters is 1. The van der Waals surface area contributed by atoms with Gasteiger partial charge in [0.25, 0.3) is 0 Å². The van der Waals surface area contributed by atoms with E-state index in [-0.39, 0.29) is 32.5 Å². The summed E-state index contributed by atoms with van der Waals surface area (Å²) in [5.41, 5.74) is -1.05. The molecule has 1 unspecified atom stereocenters. The van der Waals surface area contributed by atoms with Crippen LogP contribution in [0.2, 0.25) is 0 Å². The molecule has 7 nitrogen and oxygen atoms in total. The maximum atomic E-state index is 12.7. The van der Waals surface area contributed by atoms with Crippen molar-refractivity contribution in [1.29, 1.82) is 0 Å². The summed E-state index contributed by atoms with van der Waals surface area (Å²) in [6.07, 6.45) is 0.989. The Morgan fingerprint density at radius 1 is 1.29 bits per heavy atom. The summed E-state index contributed by atoms with van der Waals surface area (Å²) in [6.45, 7) is 3.60. The van der Waals surface area contributed by atoms with Gasteiger partial charge in [0, 0.05) is 13.1 Å². The van der Waals surface area contributed by atoms with Crippen LogP contribution in [0.3, 0.4) is 0 Å². The van der Waals surface area contributed by atoms with E-state index >= 15 is 0 Å². The molecule has 2 rings (SSSR count). The van der Waals surface area contributed by atoms with E-state index in [2.05, 4.69) is 0 Å². The van der Waals surface area contributed by atoms with E-state index in [0.717, 1.165) is 0 Å². The first-order valence-corrected chi connectivity index (χ1v) is 8.50. The Morgan fingerprint density at radius 3 is 2.33 bits per heavy atom. The molecule has 0 aromatic rings. The van der Waals surface area contributed by atoms with Crippen molar-refractivity contribution in [2.24, 2.45) is 5.41 Å². The Morgan fingerprint density at radius 2 is 1.90 bits per heavy atom. The maximum Gasteiger partial charge on any atom is 0.310 e. The van der Waals surface area contributed by atoms with Crippen LogP contribution in [-0.2, 0) is 24.3 Å². The Balaban J connectivity index is 2.13. The van der Waals surface area contributed by atoms with E-state index in [1.165, 1.54) is 4.31 Å². The fourth-order valence-corrected chi connectivity index (χ4v) is 4.97. The summed E-state index contributed by atoms with van der Waals surface area (Å²) in [4.78, 5) is 22.8. The van der Waals surface area contributed by atoms with Crippen molar-refractivity contribution >= 4 is 22.0 Å². The number of aliphatic carboxylic acids is 1. The van der Waals surface area contributed by atoms with Crippen LogP contribution in [0.1, 0.15) is 39.5 Å². The molecule has 1 aliphatic heterocycles. The zero-order valence-electron chi connectivity index (χ0n) is 12.3. The minimum absolute atomic E-state index is 0.0325. The second-order valence-corrected chi connectivity index (χ2v) is 8.45. The first-order chi connectivity index (χ1) is 9.67.